The Morgan fingerprint density at radius 1 is 1.28 bits per heavy atom. The third kappa shape index (κ3) is 2.19. The van der Waals surface area contributed by atoms with Gasteiger partial charge in [-0.05, 0) is 51.7 Å². The second-order valence-electron chi connectivity index (χ2n) is 5.88. The summed E-state index contributed by atoms with van der Waals surface area (Å²) < 4.78 is 2.42. The van der Waals surface area contributed by atoms with E-state index in [2.05, 4.69) is 21.5 Å². The van der Waals surface area contributed by atoms with Gasteiger partial charge in [0.1, 0.15) is 5.82 Å². The first kappa shape index (κ1) is 12.2. The van der Waals surface area contributed by atoms with Crippen LogP contribution < -0.4 is 0 Å². The zero-order valence-electron chi connectivity index (χ0n) is 11.2. The van der Waals surface area contributed by atoms with E-state index in [0.29, 0.717) is 18.4 Å². The molecule has 0 aromatic carbocycles. The number of imidazole rings is 1. The van der Waals surface area contributed by atoms with E-state index in [-0.39, 0.29) is 0 Å². The predicted molar refractivity (Wildman–Crippen MR) is 70.6 cm³/mol. The molecule has 100 valence electrons. The molecule has 1 aromatic heterocycles. The van der Waals surface area contributed by atoms with Crippen molar-refractivity contribution in [2.45, 2.75) is 38.1 Å². The summed E-state index contributed by atoms with van der Waals surface area (Å²) in [5.74, 6) is 2.38. The van der Waals surface area contributed by atoms with Gasteiger partial charge in [-0.1, -0.05) is 0 Å². The van der Waals surface area contributed by atoms with Gasteiger partial charge in [0.15, 0.2) is 0 Å². The van der Waals surface area contributed by atoms with Crippen LogP contribution in [-0.2, 0) is 13.0 Å². The summed E-state index contributed by atoms with van der Waals surface area (Å²) in [6.45, 7) is 3.73. The molecular weight excluding hydrogens is 226 g/mol. The van der Waals surface area contributed by atoms with Gasteiger partial charge in [-0.3, -0.25) is 0 Å². The fourth-order valence-corrected chi connectivity index (χ4v) is 3.31. The topological polar surface area (TPSA) is 41.3 Å². The molecule has 3 rings (SSSR count). The van der Waals surface area contributed by atoms with Crippen molar-refractivity contribution in [3.63, 3.8) is 0 Å². The highest BCUT2D eigenvalue weighted by Gasteiger charge is 2.26. The standard InChI is InChI=1S/C14H23N3O/c1-16-5-3-12(4-6-16)14-15-9-13-8-11(10-18)2-7-17(13)14/h9,11-12,18H,2-8,10H2,1H3. The molecule has 2 aliphatic rings. The van der Waals surface area contributed by atoms with Gasteiger partial charge in [0.2, 0.25) is 0 Å². The molecule has 0 radical (unpaired) electrons. The molecule has 4 heteroatoms. The van der Waals surface area contributed by atoms with Crippen molar-refractivity contribution in [1.29, 1.82) is 0 Å². The van der Waals surface area contributed by atoms with Gasteiger partial charge in [0.05, 0.1) is 0 Å². The molecule has 2 aliphatic heterocycles. The lowest BCUT2D eigenvalue weighted by atomic mass is 9.94. The molecule has 4 nitrogen and oxygen atoms in total. The van der Waals surface area contributed by atoms with E-state index in [1.165, 1.54) is 37.4 Å². The van der Waals surface area contributed by atoms with Crippen molar-refractivity contribution >= 4 is 0 Å². The summed E-state index contributed by atoms with van der Waals surface area (Å²) in [5, 5.41) is 9.27. The largest absolute Gasteiger partial charge is 0.396 e. The van der Waals surface area contributed by atoms with Crippen LogP contribution in [0.4, 0.5) is 0 Å². The minimum atomic E-state index is 0.314. The minimum Gasteiger partial charge on any atom is -0.396 e. The summed E-state index contributed by atoms with van der Waals surface area (Å²) in [4.78, 5) is 7.08. The zero-order chi connectivity index (χ0) is 12.5. The van der Waals surface area contributed by atoms with Crippen molar-refractivity contribution in [3.8, 4) is 0 Å². The number of hydrogen-bond donors (Lipinski definition) is 1. The van der Waals surface area contributed by atoms with Crippen molar-refractivity contribution in [1.82, 2.24) is 14.5 Å². The monoisotopic (exact) mass is 249 g/mol. The van der Waals surface area contributed by atoms with Crippen LogP contribution >= 0.6 is 0 Å². The first-order chi connectivity index (χ1) is 8.78. The lowest BCUT2D eigenvalue weighted by Gasteiger charge is -2.30. The van der Waals surface area contributed by atoms with Crippen LogP contribution in [0.2, 0.25) is 0 Å². The molecule has 3 heterocycles. The van der Waals surface area contributed by atoms with E-state index in [1.807, 2.05) is 6.20 Å². The van der Waals surface area contributed by atoms with Crippen LogP contribution in [0.1, 0.15) is 36.7 Å². The first-order valence-electron chi connectivity index (χ1n) is 7.11. The van der Waals surface area contributed by atoms with E-state index in [9.17, 15) is 5.11 Å². The number of piperidine rings is 1. The molecular formula is C14H23N3O. The zero-order valence-corrected chi connectivity index (χ0v) is 11.2. The molecule has 1 unspecified atom stereocenters. The van der Waals surface area contributed by atoms with Crippen LogP contribution in [0.15, 0.2) is 6.20 Å². The van der Waals surface area contributed by atoms with Crippen molar-refractivity contribution in [3.05, 3.63) is 17.7 Å². The maximum absolute atomic E-state index is 9.27. The molecule has 1 N–H and O–H groups in total. The normalized spacial score (nSPS) is 26.2. The van der Waals surface area contributed by atoms with E-state index in [0.717, 1.165) is 19.4 Å². The third-order valence-electron chi connectivity index (χ3n) is 4.57. The number of rotatable bonds is 2. The van der Waals surface area contributed by atoms with Crippen LogP contribution in [0.3, 0.4) is 0 Å². The van der Waals surface area contributed by atoms with E-state index < -0.39 is 0 Å². The van der Waals surface area contributed by atoms with Gasteiger partial charge in [-0.25, -0.2) is 4.98 Å². The Bertz CT molecular complexity index is 407. The highest BCUT2D eigenvalue weighted by Crippen LogP contribution is 2.30. The number of likely N-dealkylation sites (tertiary alicyclic amines) is 1. The maximum atomic E-state index is 9.27. The van der Waals surface area contributed by atoms with Gasteiger partial charge in [0.25, 0.3) is 0 Å². The van der Waals surface area contributed by atoms with Gasteiger partial charge < -0.3 is 14.6 Å². The number of aromatic nitrogens is 2. The fraction of sp³-hybridized carbons (Fsp3) is 0.786. The SMILES string of the molecule is CN1CCC(c2ncc3n2CCC(CO)C3)CC1. The highest BCUT2D eigenvalue weighted by atomic mass is 16.3. The molecule has 0 amide bonds. The Labute approximate surface area is 109 Å². The van der Waals surface area contributed by atoms with Crippen molar-refractivity contribution in [2.75, 3.05) is 26.7 Å². The van der Waals surface area contributed by atoms with Crippen molar-refractivity contribution in [2.24, 2.45) is 5.92 Å². The molecule has 1 saturated heterocycles. The van der Waals surface area contributed by atoms with Crippen LogP contribution in [0, 0.1) is 5.92 Å². The summed E-state index contributed by atoms with van der Waals surface area (Å²) in [5.41, 5.74) is 1.33. The highest BCUT2D eigenvalue weighted by molar-refractivity contribution is 5.13. The maximum Gasteiger partial charge on any atom is 0.112 e. The lowest BCUT2D eigenvalue weighted by molar-refractivity contribution is 0.197. The van der Waals surface area contributed by atoms with Gasteiger partial charge >= 0.3 is 0 Å². The Morgan fingerprint density at radius 3 is 2.78 bits per heavy atom. The van der Waals surface area contributed by atoms with Crippen LogP contribution in [0.5, 0.6) is 0 Å². The number of nitrogens with zero attached hydrogens (tertiary/aromatic N) is 3. The number of aliphatic hydroxyl groups excluding tert-OH is 1. The quantitative estimate of drug-likeness (QED) is 0.857. The van der Waals surface area contributed by atoms with Gasteiger partial charge in [-0.2, -0.15) is 0 Å². The van der Waals surface area contributed by atoms with E-state index in [1.54, 1.807) is 0 Å². The second-order valence-corrected chi connectivity index (χ2v) is 5.88. The Kier molecular flexibility index (Phi) is 3.39. The third-order valence-corrected chi connectivity index (χ3v) is 4.57. The summed E-state index contributed by atoms with van der Waals surface area (Å²) in [6.07, 6.45) is 6.60. The molecule has 0 saturated carbocycles. The fourth-order valence-electron chi connectivity index (χ4n) is 3.31. The van der Waals surface area contributed by atoms with Gasteiger partial charge in [-0.15, -0.1) is 0 Å². The molecule has 0 aliphatic carbocycles. The first-order valence-corrected chi connectivity index (χ1v) is 7.11. The molecule has 0 spiro atoms. The summed E-state index contributed by atoms with van der Waals surface area (Å²) in [6, 6.07) is 0. The number of hydrogen-bond acceptors (Lipinski definition) is 3. The Morgan fingerprint density at radius 2 is 2.06 bits per heavy atom. The number of fused-ring (bicyclic) bond motifs is 1. The second kappa shape index (κ2) is 5.02. The van der Waals surface area contributed by atoms with Crippen LogP contribution in [0.25, 0.3) is 0 Å². The predicted octanol–water partition coefficient (Wildman–Crippen LogP) is 1.25. The van der Waals surface area contributed by atoms with Crippen molar-refractivity contribution < 1.29 is 5.11 Å². The Hall–Kier alpha value is -0.870. The average molecular weight is 249 g/mol. The molecule has 1 atom stereocenters. The number of aliphatic hydroxyl groups is 1. The summed E-state index contributed by atoms with van der Waals surface area (Å²) in [7, 11) is 2.20. The smallest absolute Gasteiger partial charge is 0.112 e. The molecule has 1 fully saturated rings. The molecule has 1 aromatic rings. The molecule has 18 heavy (non-hydrogen) atoms. The van der Waals surface area contributed by atoms with Gasteiger partial charge in [0, 0.05) is 31.0 Å². The minimum absolute atomic E-state index is 0.314. The average Bonchev–Trinajstić information content (AvgIpc) is 2.82. The molecule has 0 bridgehead atoms. The van der Waals surface area contributed by atoms with E-state index in [4.69, 9.17) is 0 Å². The van der Waals surface area contributed by atoms with E-state index >= 15 is 0 Å². The van der Waals surface area contributed by atoms with Crippen LogP contribution in [-0.4, -0.2) is 46.3 Å². The lowest BCUT2D eigenvalue weighted by Crippen LogP contribution is -2.31. The Balaban J connectivity index is 1.76. The summed E-state index contributed by atoms with van der Waals surface area (Å²) >= 11 is 0.